The number of rotatable bonds is 4. The highest BCUT2D eigenvalue weighted by Crippen LogP contribution is 2.37. The quantitative estimate of drug-likeness (QED) is 0.868. The molecule has 4 nitrogen and oxygen atoms in total. The molecule has 1 atom stereocenters. The lowest BCUT2D eigenvalue weighted by atomic mass is 10.0. The Balaban J connectivity index is 1.99. The second-order valence-electron chi connectivity index (χ2n) is 4.52. The Kier molecular flexibility index (Phi) is 5.31. The van der Waals surface area contributed by atoms with E-state index >= 15 is 0 Å². The molecule has 20 heavy (non-hydrogen) atoms. The molecule has 0 saturated heterocycles. The number of amides is 1. The van der Waals surface area contributed by atoms with Gasteiger partial charge in [-0.25, -0.2) is 0 Å². The third kappa shape index (κ3) is 3.90. The van der Waals surface area contributed by atoms with Gasteiger partial charge in [-0.05, 0) is 30.2 Å². The number of fused-ring (bicyclic) bond motifs is 1. The van der Waals surface area contributed by atoms with E-state index in [-0.39, 0.29) is 30.8 Å². The van der Waals surface area contributed by atoms with E-state index < -0.39 is 0 Å². The van der Waals surface area contributed by atoms with Gasteiger partial charge in [0.25, 0.3) is 0 Å². The van der Waals surface area contributed by atoms with Crippen LogP contribution in [0.5, 0.6) is 0 Å². The molecule has 1 unspecified atom stereocenters. The number of halogens is 1. The second kappa shape index (κ2) is 6.99. The topological polar surface area (TPSA) is 55.4 Å². The summed E-state index contributed by atoms with van der Waals surface area (Å²) >= 11 is 7.78. The van der Waals surface area contributed by atoms with Crippen molar-refractivity contribution in [2.45, 2.75) is 30.2 Å². The van der Waals surface area contributed by atoms with E-state index in [0.717, 1.165) is 22.6 Å². The molecule has 1 aliphatic heterocycles. The molecule has 6 heteroatoms. The number of hydrogen-bond donors (Lipinski definition) is 1. The monoisotopic (exact) mass is 313 g/mol. The number of nitrogens with one attached hydrogen (secondary N) is 1. The number of ether oxygens (including phenoxy) is 1. The van der Waals surface area contributed by atoms with Gasteiger partial charge in [0, 0.05) is 22.1 Å². The van der Waals surface area contributed by atoms with E-state index in [9.17, 15) is 9.59 Å². The van der Waals surface area contributed by atoms with E-state index in [1.807, 2.05) is 18.2 Å². The maximum Gasteiger partial charge on any atom is 0.306 e. The summed E-state index contributed by atoms with van der Waals surface area (Å²) < 4.78 is 4.52. The van der Waals surface area contributed by atoms with Gasteiger partial charge < -0.3 is 10.1 Å². The van der Waals surface area contributed by atoms with Crippen LogP contribution in [0.2, 0.25) is 5.02 Å². The smallest absolute Gasteiger partial charge is 0.306 e. The molecule has 0 radical (unpaired) electrons. The third-order valence-corrected chi connectivity index (χ3v) is 4.49. The van der Waals surface area contributed by atoms with Crippen LogP contribution in [0.25, 0.3) is 0 Å². The number of carbonyl (C=O) groups excluding carboxylic acids is 2. The number of methoxy groups -OCH3 is 1. The van der Waals surface area contributed by atoms with Crippen LogP contribution >= 0.6 is 23.4 Å². The summed E-state index contributed by atoms with van der Waals surface area (Å²) in [5.41, 5.74) is 1.06. The zero-order chi connectivity index (χ0) is 14.5. The van der Waals surface area contributed by atoms with Crippen LogP contribution in [0.4, 0.5) is 0 Å². The molecule has 0 aliphatic carbocycles. The lowest BCUT2D eigenvalue weighted by Crippen LogP contribution is -2.30. The average Bonchev–Trinajstić information content (AvgIpc) is 2.45. The van der Waals surface area contributed by atoms with Crippen molar-refractivity contribution in [1.82, 2.24) is 5.32 Å². The van der Waals surface area contributed by atoms with Crippen molar-refractivity contribution in [3.8, 4) is 0 Å². The standard InChI is InChI=1S/C14H16ClNO3S/c1-19-14(18)5-4-13(17)16-11-6-7-20-12-3-2-9(15)8-10(11)12/h2-3,8,11H,4-7H2,1H3,(H,16,17). The van der Waals surface area contributed by atoms with E-state index in [4.69, 9.17) is 11.6 Å². The van der Waals surface area contributed by atoms with E-state index in [2.05, 4.69) is 10.1 Å². The Morgan fingerprint density at radius 2 is 2.25 bits per heavy atom. The molecule has 0 fully saturated rings. The Labute approximate surface area is 127 Å². The molecule has 2 rings (SSSR count). The molecule has 1 amide bonds. The van der Waals surface area contributed by atoms with Crippen LogP contribution in [0.1, 0.15) is 30.9 Å². The van der Waals surface area contributed by atoms with Crippen LogP contribution in [0.3, 0.4) is 0 Å². The summed E-state index contributed by atoms with van der Waals surface area (Å²) in [6, 6.07) is 5.70. The first-order valence-corrected chi connectivity index (χ1v) is 7.75. The van der Waals surface area contributed by atoms with Crippen molar-refractivity contribution < 1.29 is 14.3 Å². The van der Waals surface area contributed by atoms with Crippen molar-refractivity contribution in [3.05, 3.63) is 28.8 Å². The normalized spacial score (nSPS) is 17.2. The van der Waals surface area contributed by atoms with Crippen molar-refractivity contribution in [1.29, 1.82) is 0 Å². The van der Waals surface area contributed by atoms with Crippen molar-refractivity contribution in [2.24, 2.45) is 0 Å². The fourth-order valence-corrected chi connectivity index (χ4v) is 3.39. The molecule has 1 aromatic carbocycles. The Morgan fingerprint density at radius 3 is 3.00 bits per heavy atom. The minimum atomic E-state index is -0.372. The minimum Gasteiger partial charge on any atom is -0.469 e. The number of benzene rings is 1. The van der Waals surface area contributed by atoms with Gasteiger partial charge in [0.2, 0.25) is 5.91 Å². The first-order valence-electron chi connectivity index (χ1n) is 6.38. The molecule has 1 aliphatic rings. The predicted molar refractivity (Wildman–Crippen MR) is 78.9 cm³/mol. The summed E-state index contributed by atoms with van der Waals surface area (Å²) in [4.78, 5) is 24.0. The molecule has 1 heterocycles. The number of esters is 1. The van der Waals surface area contributed by atoms with Gasteiger partial charge in [0.05, 0.1) is 19.6 Å². The molecular formula is C14H16ClNO3S. The molecule has 0 aromatic heterocycles. The third-order valence-electron chi connectivity index (χ3n) is 3.13. The Morgan fingerprint density at radius 1 is 1.45 bits per heavy atom. The van der Waals surface area contributed by atoms with Crippen LogP contribution in [0, 0.1) is 0 Å². The van der Waals surface area contributed by atoms with Gasteiger partial charge in [-0.15, -0.1) is 11.8 Å². The average molecular weight is 314 g/mol. The second-order valence-corrected chi connectivity index (χ2v) is 6.09. The largest absolute Gasteiger partial charge is 0.469 e. The molecule has 108 valence electrons. The maximum absolute atomic E-state index is 11.9. The van der Waals surface area contributed by atoms with Crippen LogP contribution in [-0.2, 0) is 14.3 Å². The van der Waals surface area contributed by atoms with Gasteiger partial charge in [-0.2, -0.15) is 0 Å². The lowest BCUT2D eigenvalue weighted by molar-refractivity contribution is -0.142. The van der Waals surface area contributed by atoms with Crippen LogP contribution < -0.4 is 5.32 Å². The van der Waals surface area contributed by atoms with E-state index in [0.29, 0.717) is 5.02 Å². The number of thioether (sulfide) groups is 1. The highest BCUT2D eigenvalue weighted by molar-refractivity contribution is 7.99. The summed E-state index contributed by atoms with van der Waals surface area (Å²) in [5, 5.41) is 3.63. The zero-order valence-corrected chi connectivity index (χ0v) is 12.7. The predicted octanol–water partition coefficient (Wildman–Crippen LogP) is 2.95. The fourth-order valence-electron chi connectivity index (χ4n) is 2.10. The van der Waals surface area contributed by atoms with Gasteiger partial charge in [0.15, 0.2) is 0 Å². The summed E-state index contributed by atoms with van der Waals surface area (Å²) in [6.07, 6.45) is 1.11. The summed E-state index contributed by atoms with van der Waals surface area (Å²) in [5.74, 6) is 0.442. The molecule has 0 bridgehead atoms. The lowest BCUT2D eigenvalue weighted by Gasteiger charge is -2.26. The summed E-state index contributed by atoms with van der Waals surface area (Å²) in [6.45, 7) is 0. The van der Waals surface area contributed by atoms with Gasteiger partial charge in [-0.1, -0.05) is 11.6 Å². The van der Waals surface area contributed by atoms with Gasteiger partial charge in [0.1, 0.15) is 0 Å². The Hall–Kier alpha value is -1.20. The van der Waals surface area contributed by atoms with Crippen LogP contribution in [-0.4, -0.2) is 24.7 Å². The van der Waals surface area contributed by atoms with E-state index in [1.54, 1.807) is 11.8 Å². The first kappa shape index (κ1) is 15.2. The SMILES string of the molecule is COC(=O)CCC(=O)NC1CCSc2ccc(Cl)cc21. The van der Waals surface area contributed by atoms with Crippen molar-refractivity contribution in [2.75, 3.05) is 12.9 Å². The number of hydrogen-bond acceptors (Lipinski definition) is 4. The minimum absolute atomic E-state index is 0.0323. The molecule has 0 saturated carbocycles. The highest BCUT2D eigenvalue weighted by atomic mass is 35.5. The van der Waals surface area contributed by atoms with Crippen molar-refractivity contribution >= 4 is 35.2 Å². The molecule has 1 aromatic rings. The first-order chi connectivity index (χ1) is 9.60. The maximum atomic E-state index is 11.9. The Bertz CT molecular complexity index is 521. The zero-order valence-electron chi connectivity index (χ0n) is 11.1. The van der Waals surface area contributed by atoms with Crippen LogP contribution in [0.15, 0.2) is 23.1 Å². The molecule has 1 N–H and O–H groups in total. The number of carbonyl (C=O) groups is 2. The van der Waals surface area contributed by atoms with Gasteiger partial charge in [-0.3, -0.25) is 9.59 Å². The van der Waals surface area contributed by atoms with E-state index in [1.165, 1.54) is 7.11 Å². The van der Waals surface area contributed by atoms with Crippen molar-refractivity contribution in [3.63, 3.8) is 0 Å². The molecular weight excluding hydrogens is 298 g/mol. The molecule has 0 spiro atoms. The summed E-state index contributed by atoms with van der Waals surface area (Å²) in [7, 11) is 1.32. The highest BCUT2D eigenvalue weighted by Gasteiger charge is 2.22. The fraction of sp³-hybridized carbons (Fsp3) is 0.429. The van der Waals surface area contributed by atoms with Gasteiger partial charge >= 0.3 is 5.97 Å².